The summed E-state index contributed by atoms with van der Waals surface area (Å²) in [5.74, 6) is 1.30. The van der Waals surface area contributed by atoms with E-state index in [1.54, 1.807) is 10.9 Å². The minimum Gasteiger partial charge on any atom is -0.454 e. The van der Waals surface area contributed by atoms with Gasteiger partial charge in [0.15, 0.2) is 22.7 Å². The molecule has 0 unspecified atom stereocenters. The molecule has 1 aliphatic carbocycles. The summed E-state index contributed by atoms with van der Waals surface area (Å²) in [5.41, 5.74) is 2.05. The van der Waals surface area contributed by atoms with E-state index in [2.05, 4.69) is 4.98 Å². The summed E-state index contributed by atoms with van der Waals surface area (Å²) >= 11 is 0. The standard InChI is InChI=1S/C25H24N4O4/c30-24-22-23(26-15-29(22)19-8-4-5-9-19)27(13-17-6-2-1-3-7-17)25(31)28(24)14-18-10-11-20-21(12-18)33-16-32-20/h1-3,6-7,10-12,15,19H,4-5,8-9,13-14,16H2. The summed E-state index contributed by atoms with van der Waals surface area (Å²) in [6, 6.07) is 15.5. The molecule has 2 aromatic carbocycles. The lowest BCUT2D eigenvalue weighted by molar-refractivity contribution is 0.174. The highest BCUT2D eigenvalue weighted by Crippen LogP contribution is 2.33. The third-order valence-electron chi connectivity index (χ3n) is 6.62. The Morgan fingerprint density at radius 1 is 0.879 bits per heavy atom. The molecular weight excluding hydrogens is 420 g/mol. The Hall–Kier alpha value is -3.81. The molecule has 0 saturated heterocycles. The fourth-order valence-electron chi connectivity index (χ4n) is 4.93. The molecule has 0 radical (unpaired) electrons. The van der Waals surface area contributed by atoms with Crippen molar-refractivity contribution in [3.05, 3.63) is 86.8 Å². The van der Waals surface area contributed by atoms with Gasteiger partial charge in [0.05, 0.1) is 19.4 Å². The molecule has 2 aliphatic rings. The van der Waals surface area contributed by atoms with Crippen LogP contribution in [-0.2, 0) is 13.1 Å². The van der Waals surface area contributed by atoms with Crippen LogP contribution in [0.3, 0.4) is 0 Å². The van der Waals surface area contributed by atoms with Gasteiger partial charge < -0.3 is 14.0 Å². The number of nitrogens with zero attached hydrogens (tertiary/aromatic N) is 4. The Kier molecular flexibility index (Phi) is 4.78. The van der Waals surface area contributed by atoms with Crippen LogP contribution in [0.2, 0.25) is 0 Å². The Morgan fingerprint density at radius 3 is 2.45 bits per heavy atom. The summed E-state index contributed by atoms with van der Waals surface area (Å²) in [6.07, 6.45) is 6.04. The third kappa shape index (κ3) is 3.42. The van der Waals surface area contributed by atoms with Crippen molar-refractivity contribution in [3.8, 4) is 11.5 Å². The number of imidazole rings is 1. The number of rotatable bonds is 5. The van der Waals surface area contributed by atoms with E-state index >= 15 is 0 Å². The van der Waals surface area contributed by atoms with Crippen molar-refractivity contribution in [1.82, 2.24) is 18.7 Å². The lowest BCUT2D eigenvalue weighted by atomic mass is 10.2. The highest BCUT2D eigenvalue weighted by Gasteiger charge is 2.24. The van der Waals surface area contributed by atoms with E-state index in [4.69, 9.17) is 9.47 Å². The number of aromatic nitrogens is 4. The van der Waals surface area contributed by atoms with E-state index in [1.807, 2.05) is 53.1 Å². The molecular formula is C25H24N4O4. The van der Waals surface area contributed by atoms with Crippen molar-refractivity contribution >= 4 is 11.2 Å². The topological polar surface area (TPSA) is 80.3 Å². The average Bonchev–Trinajstić information content (AvgIpc) is 3.60. The van der Waals surface area contributed by atoms with Crippen LogP contribution in [0.4, 0.5) is 0 Å². The number of hydrogen-bond acceptors (Lipinski definition) is 5. The summed E-state index contributed by atoms with van der Waals surface area (Å²) in [6.45, 7) is 0.670. The largest absolute Gasteiger partial charge is 0.454 e. The van der Waals surface area contributed by atoms with Crippen LogP contribution >= 0.6 is 0 Å². The van der Waals surface area contributed by atoms with E-state index in [9.17, 15) is 9.59 Å². The molecule has 0 N–H and O–H groups in total. The number of ether oxygens (including phenoxy) is 2. The van der Waals surface area contributed by atoms with Gasteiger partial charge in [-0.05, 0) is 36.1 Å². The van der Waals surface area contributed by atoms with Crippen molar-refractivity contribution in [2.45, 2.75) is 44.8 Å². The second-order valence-corrected chi connectivity index (χ2v) is 8.70. The minimum absolute atomic E-state index is 0.148. The summed E-state index contributed by atoms with van der Waals surface area (Å²) in [5, 5.41) is 0. The first kappa shape index (κ1) is 19.8. The third-order valence-corrected chi connectivity index (χ3v) is 6.62. The van der Waals surface area contributed by atoms with Gasteiger partial charge in [-0.3, -0.25) is 13.9 Å². The van der Waals surface area contributed by atoms with Crippen molar-refractivity contribution in [2.24, 2.45) is 0 Å². The maximum absolute atomic E-state index is 13.7. The van der Waals surface area contributed by atoms with Crippen LogP contribution in [0.25, 0.3) is 11.2 Å². The molecule has 8 heteroatoms. The predicted octanol–water partition coefficient (Wildman–Crippen LogP) is 3.30. The number of benzene rings is 2. The molecule has 0 spiro atoms. The second-order valence-electron chi connectivity index (χ2n) is 8.70. The molecule has 4 aromatic rings. The zero-order chi connectivity index (χ0) is 22.4. The smallest absolute Gasteiger partial charge is 0.333 e. The highest BCUT2D eigenvalue weighted by atomic mass is 16.7. The van der Waals surface area contributed by atoms with Crippen molar-refractivity contribution in [3.63, 3.8) is 0 Å². The maximum atomic E-state index is 13.7. The minimum atomic E-state index is -0.370. The lowest BCUT2D eigenvalue weighted by Crippen LogP contribution is -2.41. The monoisotopic (exact) mass is 444 g/mol. The van der Waals surface area contributed by atoms with Gasteiger partial charge in [-0.15, -0.1) is 0 Å². The lowest BCUT2D eigenvalue weighted by Gasteiger charge is -2.15. The van der Waals surface area contributed by atoms with Crippen LogP contribution in [0.15, 0.2) is 64.4 Å². The first-order chi connectivity index (χ1) is 16.2. The molecule has 1 fully saturated rings. The molecule has 1 aliphatic heterocycles. The molecule has 0 amide bonds. The summed E-state index contributed by atoms with van der Waals surface area (Å²) in [7, 11) is 0. The van der Waals surface area contributed by atoms with E-state index in [-0.39, 0.29) is 30.6 Å². The number of fused-ring (bicyclic) bond motifs is 2. The van der Waals surface area contributed by atoms with Crippen LogP contribution in [-0.4, -0.2) is 25.5 Å². The molecule has 1 saturated carbocycles. The number of hydrogen-bond donors (Lipinski definition) is 0. The molecule has 2 aromatic heterocycles. The van der Waals surface area contributed by atoms with E-state index in [0.717, 1.165) is 36.8 Å². The Balaban J connectivity index is 1.52. The molecule has 168 valence electrons. The average molecular weight is 444 g/mol. The fourth-order valence-corrected chi connectivity index (χ4v) is 4.93. The maximum Gasteiger partial charge on any atom is 0.333 e. The van der Waals surface area contributed by atoms with Gasteiger partial charge in [-0.1, -0.05) is 49.2 Å². The van der Waals surface area contributed by atoms with Crippen LogP contribution in [0.1, 0.15) is 42.9 Å². The van der Waals surface area contributed by atoms with Gasteiger partial charge in [0, 0.05) is 6.04 Å². The van der Waals surface area contributed by atoms with Gasteiger partial charge >= 0.3 is 5.69 Å². The Morgan fingerprint density at radius 2 is 1.64 bits per heavy atom. The Bertz CT molecular complexity index is 1450. The molecule has 6 rings (SSSR count). The summed E-state index contributed by atoms with van der Waals surface area (Å²) < 4.78 is 15.8. The van der Waals surface area contributed by atoms with Gasteiger partial charge in [0.2, 0.25) is 6.79 Å². The van der Waals surface area contributed by atoms with E-state index in [1.165, 1.54) is 4.57 Å². The van der Waals surface area contributed by atoms with Gasteiger partial charge in [-0.2, -0.15) is 0 Å². The Labute approximate surface area is 189 Å². The summed E-state index contributed by atoms with van der Waals surface area (Å²) in [4.78, 5) is 31.8. The SMILES string of the molecule is O=c1c2c(ncn2C2CCCC2)n(Cc2ccccc2)c(=O)n1Cc1ccc2c(c1)OCO2. The van der Waals surface area contributed by atoms with Crippen molar-refractivity contribution in [1.29, 1.82) is 0 Å². The van der Waals surface area contributed by atoms with Crippen molar-refractivity contribution < 1.29 is 9.47 Å². The quantitative estimate of drug-likeness (QED) is 0.472. The van der Waals surface area contributed by atoms with Gasteiger partial charge in [0.1, 0.15) is 0 Å². The molecule has 0 atom stereocenters. The zero-order valence-electron chi connectivity index (χ0n) is 18.1. The molecule has 3 heterocycles. The van der Waals surface area contributed by atoms with Gasteiger partial charge in [0.25, 0.3) is 5.56 Å². The zero-order valence-corrected chi connectivity index (χ0v) is 18.1. The highest BCUT2D eigenvalue weighted by molar-refractivity contribution is 5.70. The predicted molar refractivity (Wildman–Crippen MR) is 123 cm³/mol. The first-order valence-electron chi connectivity index (χ1n) is 11.3. The van der Waals surface area contributed by atoms with Gasteiger partial charge in [-0.25, -0.2) is 9.78 Å². The molecule has 0 bridgehead atoms. The van der Waals surface area contributed by atoms with Crippen LogP contribution < -0.4 is 20.7 Å². The van der Waals surface area contributed by atoms with E-state index in [0.29, 0.717) is 29.2 Å². The fraction of sp³-hybridized carbons (Fsp3) is 0.320. The van der Waals surface area contributed by atoms with E-state index < -0.39 is 0 Å². The molecule has 33 heavy (non-hydrogen) atoms. The van der Waals surface area contributed by atoms with Crippen LogP contribution in [0, 0.1) is 0 Å². The first-order valence-corrected chi connectivity index (χ1v) is 11.3. The second kappa shape index (κ2) is 7.95. The van der Waals surface area contributed by atoms with Crippen LogP contribution in [0.5, 0.6) is 11.5 Å². The normalized spacial score (nSPS) is 15.5. The molecule has 8 nitrogen and oxygen atoms in total. The van der Waals surface area contributed by atoms with Crippen molar-refractivity contribution in [2.75, 3.05) is 6.79 Å².